The van der Waals surface area contributed by atoms with E-state index in [0.717, 1.165) is 62.7 Å². The maximum atomic E-state index is 5.54. The minimum Gasteiger partial charge on any atom is -0.478 e. The Labute approximate surface area is 180 Å². The molecule has 0 bridgehead atoms. The zero-order valence-corrected chi connectivity index (χ0v) is 18.2. The molecule has 0 saturated carbocycles. The SMILES string of the molecule is CCCOc1ccc(CN=C(NCC)NC2CCN(Cc3ccccn3)CC2)cn1. The van der Waals surface area contributed by atoms with Crippen molar-refractivity contribution in [3.05, 3.63) is 54.0 Å². The van der Waals surface area contributed by atoms with Gasteiger partial charge in [-0.25, -0.2) is 9.98 Å². The van der Waals surface area contributed by atoms with Crippen molar-refractivity contribution in [2.24, 2.45) is 4.99 Å². The van der Waals surface area contributed by atoms with Crippen LogP contribution in [0.3, 0.4) is 0 Å². The molecule has 0 atom stereocenters. The summed E-state index contributed by atoms with van der Waals surface area (Å²) in [5.74, 6) is 1.54. The van der Waals surface area contributed by atoms with Crippen LogP contribution in [-0.4, -0.2) is 53.1 Å². The number of likely N-dealkylation sites (tertiary alicyclic amines) is 1. The minimum absolute atomic E-state index is 0.436. The summed E-state index contributed by atoms with van der Waals surface area (Å²) in [6, 6.07) is 10.5. The number of pyridine rings is 2. The maximum Gasteiger partial charge on any atom is 0.213 e. The topological polar surface area (TPSA) is 74.7 Å². The van der Waals surface area contributed by atoms with Gasteiger partial charge in [-0.3, -0.25) is 9.88 Å². The van der Waals surface area contributed by atoms with Gasteiger partial charge >= 0.3 is 0 Å². The summed E-state index contributed by atoms with van der Waals surface area (Å²) in [6.45, 7) is 9.36. The predicted octanol–water partition coefficient (Wildman–Crippen LogP) is 2.99. The van der Waals surface area contributed by atoms with Crippen molar-refractivity contribution in [1.82, 2.24) is 25.5 Å². The average Bonchev–Trinajstić information content (AvgIpc) is 2.79. The summed E-state index contributed by atoms with van der Waals surface area (Å²) in [5, 5.41) is 6.96. The molecular weight excluding hydrogens is 376 g/mol. The van der Waals surface area contributed by atoms with Gasteiger partial charge in [-0.1, -0.05) is 19.1 Å². The smallest absolute Gasteiger partial charge is 0.213 e. The van der Waals surface area contributed by atoms with E-state index >= 15 is 0 Å². The Morgan fingerprint density at radius 2 is 2.03 bits per heavy atom. The fraction of sp³-hybridized carbons (Fsp3) is 0.522. The first kappa shape index (κ1) is 22.0. The molecule has 0 amide bonds. The lowest BCUT2D eigenvalue weighted by Gasteiger charge is -2.32. The molecule has 7 heteroatoms. The van der Waals surface area contributed by atoms with Gasteiger partial charge in [0.15, 0.2) is 5.96 Å². The number of hydrogen-bond acceptors (Lipinski definition) is 5. The lowest BCUT2D eigenvalue weighted by Crippen LogP contribution is -2.48. The Kier molecular flexibility index (Phi) is 8.90. The molecule has 2 aromatic heterocycles. The minimum atomic E-state index is 0.436. The molecule has 2 N–H and O–H groups in total. The Bertz CT molecular complexity index is 757. The Balaban J connectivity index is 1.47. The van der Waals surface area contributed by atoms with E-state index in [9.17, 15) is 0 Å². The molecule has 7 nitrogen and oxygen atoms in total. The van der Waals surface area contributed by atoms with Gasteiger partial charge in [-0.2, -0.15) is 0 Å². The van der Waals surface area contributed by atoms with Crippen molar-refractivity contribution >= 4 is 5.96 Å². The van der Waals surface area contributed by atoms with Gasteiger partial charge in [0.25, 0.3) is 0 Å². The summed E-state index contributed by atoms with van der Waals surface area (Å²) in [7, 11) is 0. The number of guanidine groups is 1. The molecule has 0 aliphatic carbocycles. The lowest BCUT2D eigenvalue weighted by molar-refractivity contribution is 0.196. The first-order valence-electron chi connectivity index (χ1n) is 11.0. The number of aromatic nitrogens is 2. The van der Waals surface area contributed by atoms with Crippen LogP contribution in [0.1, 0.15) is 44.4 Å². The monoisotopic (exact) mass is 410 g/mol. The molecule has 1 aliphatic rings. The second-order valence-corrected chi connectivity index (χ2v) is 7.56. The highest BCUT2D eigenvalue weighted by Crippen LogP contribution is 2.13. The van der Waals surface area contributed by atoms with Crippen LogP contribution in [0.5, 0.6) is 5.88 Å². The Morgan fingerprint density at radius 1 is 1.17 bits per heavy atom. The third-order valence-corrected chi connectivity index (χ3v) is 5.06. The van der Waals surface area contributed by atoms with Crippen molar-refractivity contribution in [3.8, 4) is 5.88 Å². The van der Waals surface area contributed by atoms with Crippen LogP contribution in [0.15, 0.2) is 47.7 Å². The fourth-order valence-electron chi connectivity index (χ4n) is 3.44. The summed E-state index contributed by atoms with van der Waals surface area (Å²) in [6.07, 6.45) is 6.89. The number of piperidine rings is 1. The van der Waals surface area contributed by atoms with E-state index in [-0.39, 0.29) is 0 Å². The first-order chi connectivity index (χ1) is 14.8. The predicted molar refractivity (Wildman–Crippen MR) is 121 cm³/mol. The highest BCUT2D eigenvalue weighted by Gasteiger charge is 2.20. The van der Waals surface area contributed by atoms with Crippen LogP contribution in [0.4, 0.5) is 0 Å². The zero-order valence-electron chi connectivity index (χ0n) is 18.2. The van der Waals surface area contributed by atoms with Crippen molar-refractivity contribution in [3.63, 3.8) is 0 Å². The molecule has 30 heavy (non-hydrogen) atoms. The normalized spacial score (nSPS) is 15.7. The van der Waals surface area contributed by atoms with Crippen LogP contribution in [0.25, 0.3) is 0 Å². The average molecular weight is 411 g/mol. The summed E-state index contributed by atoms with van der Waals surface area (Å²) < 4.78 is 5.54. The van der Waals surface area contributed by atoms with Crippen molar-refractivity contribution in [1.29, 1.82) is 0 Å². The molecule has 0 radical (unpaired) electrons. The Morgan fingerprint density at radius 3 is 2.70 bits per heavy atom. The lowest BCUT2D eigenvalue weighted by atomic mass is 10.0. The largest absolute Gasteiger partial charge is 0.478 e. The molecule has 3 heterocycles. The van der Waals surface area contributed by atoms with E-state index in [1.807, 2.05) is 30.6 Å². The summed E-state index contributed by atoms with van der Waals surface area (Å²) in [4.78, 5) is 16.0. The second kappa shape index (κ2) is 12.1. The van der Waals surface area contributed by atoms with E-state index in [2.05, 4.69) is 51.5 Å². The zero-order chi connectivity index (χ0) is 21.0. The number of aliphatic imine (C=N–C) groups is 1. The van der Waals surface area contributed by atoms with Gasteiger partial charge < -0.3 is 15.4 Å². The van der Waals surface area contributed by atoms with E-state index in [4.69, 9.17) is 9.73 Å². The van der Waals surface area contributed by atoms with Crippen LogP contribution >= 0.6 is 0 Å². The van der Waals surface area contributed by atoms with Crippen LogP contribution in [-0.2, 0) is 13.1 Å². The highest BCUT2D eigenvalue weighted by molar-refractivity contribution is 5.80. The number of rotatable bonds is 9. The molecule has 2 aromatic rings. The van der Waals surface area contributed by atoms with Crippen molar-refractivity contribution in [2.75, 3.05) is 26.2 Å². The quantitative estimate of drug-likeness (QED) is 0.489. The van der Waals surface area contributed by atoms with Crippen molar-refractivity contribution in [2.45, 2.75) is 52.2 Å². The molecule has 0 aromatic carbocycles. The summed E-state index contributed by atoms with van der Waals surface area (Å²) >= 11 is 0. The fourth-order valence-corrected chi connectivity index (χ4v) is 3.44. The van der Waals surface area contributed by atoms with Gasteiger partial charge in [0.05, 0.1) is 18.8 Å². The van der Waals surface area contributed by atoms with Gasteiger partial charge in [-0.15, -0.1) is 0 Å². The number of ether oxygens (including phenoxy) is 1. The first-order valence-corrected chi connectivity index (χ1v) is 11.0. The molecule has 162 valence electrons. The van der Waals surface area contributed by atoms with E-state index in [0.29, 0.717) is 25.1 Å². The Hall–Kier alpha value is -2.67. The summed E-state index contributed by atoms with van der Waals surface area (Å²) in [5.41, 5.74) is 2.21. The molecule has 1 fully saturated rings. The van der Waals surface area contributed by atoms with Crippen LogP contribution in [0.2, 0.25) is 0 Å². The molecule has 1 aliphatic heterocycles. The van der Waals surface area contributed by atoms with Crippen LogP contribution in [0, 0.1) is 0 Å². The third kappa shape index (κ3) is 7.30. The third-order valence-electron chi connectivity index (χ3n) is 5.06. The van der Waals surface area contributed by atoms with Gasteiger partial charge in [0, 0.05) is 50.7 Å². The number of nitrogens with one attached hydrogen (secondary N) is 2. The van der Waals surface area contributed by atoms with Gasteiger partial charge in [0.1, 0.15) is 0 Å². The van der Waals surface area contributed by atoms with Crippen LogP contribution < -0.4 is 15.4 Å². The molecule has 0 unspecified atom stereocenters. The molecule has 3 rings (SSSR count). The standard InChI is InChI=1S/C23H34N6O/c1-3-15-30-22-9-8-19(16-26-22)17-27-23(24-4-2)28-20-10-13-29(14-11-20)18-21-7-5-6-12-25-21/h5-9,12,16,20H,3-4,10-11,13-15,17-18H2,1-2H3,(H2,24,27,28). The van der Waals surface area contributed by atoms with Gasteiger partial charge in [0.2, 0.25) is 5.88 Å². The van der Waals surface area contributed by atoms with Gasteiger partial charge in [-0.05, 0) is 43.9 Å². The molecular formula is C23H34N6O. The molecule has 0 spiro atoms. The molecule has 1 saturated heterocycles. The number of hydrogen-bond donors (Lipinski definition) is 2. The maximum absolute atomic E-state index is 5.54. The number of nitrogens with zero attached hydrogens (tertiary/aromatic N) is 4. The second-order valence-electron chi connectivity index (χ2n) is 7.56. The van der Waals surface area contributed by atoms with E-state index in [1.165, 1.54) is 0 Å². The highest BCUT2D eigenvalue weighted by atomic mass is 16.5. The van der Waals surface area contributed by atoms with Crippen molar-refractivity contribution < 1.29 is 4.74 Å². The van der Waals surface area contributed by atoms with E-state index < -0.39 is 0 Å². The van der Waals surface area contributed by atoms with E-state index in [1.54, 1.807) is 0 Å².